The first-order chi connectivity index (χ1) is 9.79. The van der Waals surface area contributed by atoms with E-state index in [9.17, 15) is 26.7 Å². The summed E-state index contributed by atoms with van der Waals surface area (Å²) in [6, 6.07) is 6.43. The predicted molar refractivity (Wildman–Crippen MR) is 65.8 cm³/mol. The molecule has 0 saturated heterocycles. The third-order valence-corrected chi connectivity index (χ3v) is 2.66. The quantitative estimate of drug-likeness (QED) is 0.826. The molecule has 2 rings (SSSR count). The van der Waals surface area contributed by atoms with Crippen molar-refractivity contribution in [2.75, 3.05) is 5.32 Å². The van der Waals surface area contributed by atoms with Gasteiger partial charge in [0, 0.05) is 5.69 Å². The summed E-state index contributed by atoms with van der Waals surface area (Å²) in [4.78, 5) is 11.7. The summed E-state index contributed by atoms with van der Waals surface area (Å²) in [5.74, 6) is -3.19. The highest BCUT2D eigenvalue weighted by molar-refractivity contribution is 6.04. The zero-order valence-corrected chi connectivity index (χ0v) is 10.3. The van der Waals surface area contributed by atoms with Gasteiger partial charge in [-0.25, -0.2) is 8.78 Å². The van der Waals surface area contributed by atoms with Crippen LogP contribution in [0.5, 0.6) is 0 Å². The van der Waals surface area contributed by atoms with E-state index in [1.54, 1.807) is 0 Å². The van der Waals surface area contributed by atoms with Gasteiger partial charge in [-0.05, 0) is 36.4 Å². The lowest BCUT2D eigenvalue weighted by atomic mass is 10.1. The molecule has 2 nitrogen and oxygen atoms in total. The predicted octanol–water partition coefficient (Wildman–Crippen LogP) is 4.24. The van der Waals surface area contributed by atoms with Crippen LogP contribution in [-0.4, -0.2) is 5.91 Å². The second-order valence-corrected chi connectivity index (χ2v) is 4.13. The summed E-state index contributed by atoms with van der Waals surface area (Å²) in [5, 5.41) is 2.13. The summed E-state index contributed by atoms with van der Waals surface area (Å²) in [7, 11) is 0. The first-order valence-corrected chi connectivity index (χ1v) is 5.71. The standard InChI is InChI=1S/C14H8F5NO/c15-10-2-1-3-11(16)12(10)13(21)20-9-6-4-8(5-7-9)14(17,18)19/h1-7H,(H,20,21). The number of carbonyl (C=O) groups is 1. The number of benzene rings is 2. The van der Waals surface area contributed by atoms with E-state index >= 15 is 0 Å². The molecule has 110 valence electrons. The highest BCUT2D eigenvalue weighted by atomic mass is 19.4. The van der Waals surface area contributed by atoms with Gasteiger partial charge in [0.25, 0.3) is 5.91 Å². The second kappa shape index (κ2) is 5.51. The molecule has 0 bridgehead atoms. The minimum Gasteiger partial charge on any atom is -0.322 e. The first-order valence-electron chi connectivity index (χ1n) is 5.71. The van der Waals surface area contributed by atoms with Gasteiger partial charge in [0.05, 0.1) is 5.56 Å². The summed E-state index contributed by atoms with van der Waals surface area (Å²) in [5.41, 5.74) is -1.69. The summed E-state index contributed by atoms with van der Waals surface area (Å²) < 4.78 is 63.8. The minimum atomic E-state index is -4.50. The van der Waals surface area contributed by atoms with Crippen molar-refractivity contribution in [3.8, 4) is 0 Å². The van der Waals surface area contributed by atoms with Crippen LogP contribution in [-0.2, 0) is 6.18 Å². The van der Waals surface area contributed by atoms with Gasteiger partial charge >= 0.3 is 6.18 Å². The Morgan fingerprint density at radius 3 is 1.90 bits per heavy atom. The van der Waals surface area contributed by atoms with Crippen molar-refractivity contribution in [3.63, 3.8) is 0 Å². The summed E-state index contributed by atoms with van der Waals surface area (Å²) in [6.07, 6.45) is -4.50. The zero-order valence-electron chi connectivity index (χ0n) is 10.3. The average Bonchev–Trinajstić information content (AvgIpc) is 2.38. The molecule has 1 N–H and O–H groups in total. The molecule has 21 heavy (non-hydrogen) atoms. The van der Waals surface area contributed by atoms with Crippen LogP contribution in [0.2, 0.25) is 0 Å². The number of alkyl halides is 3. The smallest absolute Gasteiger partial charge is 0.322 e. The third-order valence-electron chi connectivity index (χ3n) is 2.66. The van der Waals surface area contributed by atoms with E-state index in [0.717, 1.165) is 42.5 Å². The Balaban J connectivity index is 2.21. The lowest BCUT2D eigenvalue weighted by Crippen LogP contribution is -2.16. The molecular weight excluding hydrogens is 293 g/mol. The summed E-state index contributed by atoms with van der Waals surface area (Å²) in [6.45, 7) is 0. The molecule has 0 heterocycles. The number of hydrogen-bond acceptors (Lipinski definition) is 1. The molecule has 0 aromatic heterocycles. The van der Waals surface area contributed by atoms with Crippen molar-refractivity contribution in [2.24, 2.45) is 0 Å². The maximum Gasteiger partial charge on any atom is 0.416 e. The average molecular weight is 301 g/mol. The van der Waals surface area contributed by atoms with Crippen molar-refractivity contribution < 1.29 is 26.7 Å². The Morgan fingerprint density at radius 1 is 0.905 bits per heavy atom. The van der Waals surface area contributed by atoms with Crippen molar-refractivity contribution in [1.82, 2.24) is 0 Å². The first kappa shape index (κ1) is 15.0. The Morgan fingerprint density at radius 2 is 1.43 bits per heavy atom. The maximum absolute atomic E-state index is 13.4. The van der Waals surface area contributed by atoms with Crippen LogP contribution in [0.1, 0.15) is 15.9 Å². The molecule has 0 fully saturated rings. The summed E-state index contributed by atoms with van der Waals surface area (Å²) >= 11 is 0. The van der Waals surface area contributed by atoms with Gasteiger partial charge in [-0.1, -0.05) is 6.07 Å². The lowest BCUT2D eigenvalue weighted by Gasteiger charge is -2.09. The molecule has 0 unspecified atom stereocenters. The van der Waals surface area contributed by atoms with Gasteiger partial charge in [0.15, 0.2) is 0 Å². The third kappa shape index (κ3) is 3.36. The van der Waals surface area contributed by atoms with Crippen molar-refractivity contribution in [3.05, 3.63) is 65.2 Å². The largest absolute Gasteiger partial charge is 0.416 e. The number of hydrogen-bond donors (Lipinski definition) is 1. The topological polar surface area (TPSA) is 29.1 Å². The second-order valence-electron chi connectivity index (χ2n) is 4.13. The lowest BCUT2D eigenvalue weighted by molar-refractivity contribution is -0.137. The van der Waals surface area contributed by atoms with Crippen LogP contribution in [0, 0.1) is 11.6 Å². The van der Waals surface area contributed by atoms with Gasteiger partial charge < -0.3 is 5.32 Å². The van der Waals surface area contributed by atoms with Crippen molar-refractivity contribution in [1.29, 1.82) is 0 Å². The molecular formula is C14H8F5NO. The van der Waals surface area contributed by atoms with Crippen molar-refractivity contribution in [2.45, 2.75) is 6.18 Å². The van der Waals surface area contributed by atoms with E-state index in [-0.39, 0.29) is 5.69 Å². The number of rotatable bonds is 2. The molecule has 0 spiro atoms. The Labute approximate surface area is 116 Å². The van der Waals surface area contributed by atoms with E-state index < -0.39 is 34.8 Å². The SMILES string of the molecule is O=C(Nc1ccc(C(F)(F)F)cc1)c1c(F)cccc1F. The maximum atomic E-state index is 13.4. The fourth-order valence-corrected chi connectivity index (χ4v) is 1.65. The van der Waals surface area contributed by atoms with E-state index in [1.165, 1.54) is 0 Å². The van der Waals surface area contributed by atoms with E-state index in [4.69, 9.17) is 0 Å². The van der Waals surface area contributed by atoms with Gasteiger partial charge in [-0.3, -0.25) is 4.79 Å². The fraction of sp³-hybridized carbons (Fsp3) is 0.0714. The molecule has 2 aromatic rings. The van der Waals surface area contributed by atoms with Crippen LogP contribution >= 0.6 is 0 Å². The number of halogens is 5. The molecule has 1 amide bonds. The minimum absolute atomic E-state index is 0.00402. The molecule has 0 aliphatic heterocycles. The van der Waals surface area contributed by atoms with Crippen molar-refractivity contribution >= 4 is 11.6 Å². The van der Waals surface area contributed by atoms with Crippen LogP contribution in [0.3, 0.4) is 0 Å². The number of carbonyl (C=O) groups excluding carboxylic acids is 1. The van der Waals surface area contributed by atoms with Crippen LogP contribution in [0.4, 0.5) is 27.6 Å². The van der Waals surface area contributed by atoms with E-state index in [2.05, 4.69) is 5.32 Å². The van der Waals surface area contributed by atoms with Gasteiger partial charge in [-0.15, -0.1) is 0 Å². The van der Waals surface area contributed by atoms with Gasteiger partial charge in [0.1, 0.15) is 17.2 Å². The highest BCUT2D eigenvalue weighted by Gasteiger charge is 2.30. The normalized spacial score (nSPS) is 11.3. The van der Waals surface area contributed by atoms with Crippen LogP contribution in [0.25, 0.3) is 0 Å². The van der Waals surface area contributed by atoms with Gasteiger partial charge in [-0.2, -0.15) is 13.2 Å². The Hall–Kier alpha value is -2.44. The number of anilines is 1. The fourth-order valence-electron chi connectivity index (χ4n) is 1.65. The highest BCUT2D eigenvalue weighted by Crippen LogP contribution is 2.29. The molecule has 0 aliphatic carbocycles. The Kier molecular flexibility index (Phi) is 3.93. The zero-order chi connectivity index (χ0) is 15.6. The molecule has 0 radical (unpaired) electrons. The van der Waals surface area contributed by atoms with Gasteiger partial charge in [0.2, 0.25) is 0 Å². The van der Waals surface area contributed by atoms with Crippen LogP contribution < -0.4 is 5.32 Å². The van der Waals surface area contributed by atoms with E-state index in [1.807, 2.05) is 0 Å². The van der Waals surface area contributed by atoms with E-state index in [0.29, 0.717) is 0 Å². The molecule has 0 saturated carbocycles. The number of nitrogens with one attached hydrogen (secondary N) is 1. The molecule has 7 heteroatoms. The Bertz CT molecular complexity index is 644. The molecule has 2 aromatic carbocycles. The van der Waals surface area contributed by atoms with Crippen LogP contribution in [0.15, 0.2) is 42.5 Å². The monoisotopic (exact) mass is 301 g/mol. The molecule has 0 aliphatic rings. The molecule has 0 atom stereocenters. The number of amides is 1.